The van der Waals surface area contributed by atoms with Crippen molar-refractivity contribution in [2.75, 3.05) is 13.6 Å². The van der Waals surface area contributed by atoms with Crippen molar-refractivity contribution in [1.29, 1.82) is 0 Å². The standard InChI is InChI=1S/C16H23FN2O2/c1-11-6-7-12(8-14(11)17)9-18-16(21)19(2)10-13-4-3-5-15(13)20/h6-8,13,15,20H,3-5,9-10H2,1-2H3,(H,18,21). The highest BCUT2D eigenvalue weighted by atomic mass is 19.1. The third-order valence-electron chi connectivity index (χ3n) is 4.15. The van der Waals surface area contributed by atoms with Gasteiger partial charge >= 0.3 is 6.03 Å². The lowest BCUT2D eigenvalue weighted by molar-refractivity contribution is 0.114. The van der Waals surface area contributed by atoms with Crippen LogP contribution in [0, 0.1) is 18.7 Å². The van der Waals surface area contributed by atoms with Gasteiger partial charge in [-0.3, -0.25) is 0 Å². The number of hydrogen-bond acceptors (Lipinski definition) is 2. The van der Waals surface area contributed by atoms with Crippen LogP contribution in [0.2, 0.25) is 0 Å². The van der Waals surface area contributed by atoms with Gasteiger partial charge in [-0.15, -0.1) is 0 Å². The normalized spacial score (nSPS) is 21.3. The van der Waals surface area contributed by atoms with E-state index in [4.69, 9.17) is 0 Å². The summed E-state index contributed by atoms with van der Waals surface area (Å²) in [6.45, 7) is 2.56. The minimum atomic E-state index is -0.300. The average Bonchev–Trinajstić information content (AvgIpc) is 2.85. The average molecular weight is 294 g/mol. The maximum atomic E-state index is 13.4. The minimum Gasteiger partial charge on any atom is -0.393 e. The molecule has 0 heterocycles. The highest BCUT2D eigenvalue weighted by Crippen LogP contribution is 2.25. The number of carbonyl (C=O) groups excluding carboxylic acids is 1. The molecule has 1 aromatic carbocycles. The number of urea groups is 1. The molecule has 5 heteroatoms. The summed E-state index contributed by atoms with van der Waals surface area (Å²) in [4.78, 5) is 13.6. The molecule has 1 aromatic rings. The third-order valence-corrected chi connectivity index (χ3v) is 4.15. The zero-order chi connectivity index (χ0) is 15.4. The van der Waals surface area contributed by atoms with E-state index in [2.05, 4.69) is 5.32 Å². The van der Waals surface area contributed by atoms with E-state index in [1.54, 1.807) is 31.0 Å². The zero-order valence-electron chi connectivity index (χ0n) is 12.6. The topological polar surface area (TPSA) is 52.6 Å². The second-order valence-corrected chi connectivity index (χ2v) is 5.88. The van der Waals surface area contributed by atoms with Crippen LogP contribution < -0.4 is 5.32 Å². The number of aliphatic hydroxyl groups excluding tert-OH is 1. The molecule has 0 saturated heterocycles. The van der Waals surface area contributed by atoms with Gasteiger partial charge in [-0.1, -0.05) is 18.6 Å². The molecule has 0 bridgehead atoms. The molecule has 21 heavy (non-hydrogen) atoms. The van der Waals surface area contributed by atoms with Crippen molar-refractivity contribution in [3.8, 4) is 0 Å². The Labute approximate surface area is 125 Å². The molecule has 4 nitrogen and oxygen atoms in total. The van der Waals surface area contributed by atoms with Crippen LogP contribution in [-0.4, -0.2) is 35.7 Å². The van der Waals surface area contributed by atoms with Crippen LogP contribution in [0.3, 0.4) is 0 Å². The summed E-state index contributed by atoms with van der Waals surface area (Å²) in [5, 5.41) is 12.6. The molecule has 1 fully saturated rings. The fourth-order valence-electron chi connectivity index (χ4n) is 2.72. The lowest BCUT2D eigenvalue weighted by Gasteiger charge is -2.23. The van der Waals surface area contributed by atoms with Gasteiger partial charge in [0.25, 0.3) is 0 Å². The third kappa shape index (κ3) is 4.17. The van der Waals surface area contributed by atoms with Crippen LogP contribution >= 0.6 is 0 Å². The van der Waals surface area contributed by atoms with Crippen molar-refractivity contribution < 1.29 is 14.3 Å². The predicted octanol–water partition coefficient (Wildman–Crippen LogP) is 2.44. The smallest absolute Gasteiger partial charge is 0.317 e. The number of hydrogen-bond donors (Lipinski definition) is 2. The van der Waals surface area contributed by atoms with Crippen LogP contribution in [0.15, 0.2) is 18.2 Å². The van der Waals surface area contributed by atoms with E-state index in [0.29, 0.717) is 18.7 Å². The van der Waals surface area contributed by atoms with Crippen LogP contribution in [0.1, 0.15) is 30.4 Å². The van der Waals surface area contributed by atoms with Gasteiger partial charge in [-0.2, -0.15) is 0 Å². The molecule has 1 aliphatic carbocycles. The quantitative estimate of drug-likeness (QED) is 0.896. The Balaban J connectivity index is 1.81. The summed E-state index contributed by atoms with van der Waals surface area (Å²) in [5.41, 5.74) is 1.33. The lowest BCUT2D eigenvalue weighted by Crippen LogP contribution is -2.40. The first-order valence-corrected chi connectivity index (χ1v) is 7.39. The van der Waals surface area contributed by atoms with E-state index < -0.39 is 0 Å². The highest BCUT2D eigenvalue weighted by molar-refractivity contribution is 5.73. The van der Waals surface area contributed by atoms with Gasteiger partial charge in [0.05, 0.1) is 6.10 Å². The van der Waals surface area contributed by atoms with Gasteiger partial charge in [0.2, 0.25) is 0 Å². The summed E-state index contributed by atoms with van der Waals surface area (Å²) in [6, 6.07) is 4.75. The van der Waals surface area contributed by atoms with Crippen molar-refractivity contribution in [3.63, 3.8) is 0 Å². The Bertz CT molecular complexity index is 507. The van der Waals surface area contributed by atoms with Gasteiger partial charge in [-0.05, 0) is 37.0 Å². The monoisotopic (exact) mass is 294 g/mol. The molecule has 2 atom stereocenters. The second-order valence-electron chi connectivity index (χ2n) is 5.88. The minimum absolute atomic E-state index is 0.164. The number of halogens is 1. The van der Waals surface area contributed by atoms with E-state index in [1.807, 2.05) is 0 Å². The molecule has 0 aromatic heterocycles. The number of aryl methyl sites for hydroxylation is 1. The van der Waals surface area contributed by atoms with E-state index in [-0.39, 0.29) is 23.9 Å². The molecular formula is C16H23FN2O2. The summed E-state index contributed by atoms with van der Waals surface area (Å²) < 4.78 is 13.4. The first-order valence-electron chi connectivity index (χ1n) is 7.39. The molecule has 2 unspecified atom stereocenters. The first kappa shape index (κ1) is 15.8. The summed E-state index contributed by atoms with van der Waals surface area (Å²) >= 11 is 0. The summed E-state index contributed by atoms with van der Waals surface area (Å²) in [5.74, 6) is -0.0956. The molecule has 2 rings (SSSR count). The number of carbonyl (C=O) groups is 1. The first-order chi connectivity index (χ1) is 9.97. The molecule has 1 aliphatic rings. The molecule has 116 valence electrons. The van der Waals surface area contributed by atoms with E-state index in [1.165, 1.54) is 6.07 Å². The van der Waals surface area contributed by atoms with Gasteiger partial charge in [-0.25, -0.2) is 9.18 Å². The van der Waals surface area contributed by atoms with E-state index >= 15 is 0 Å². The van der Waals surface area contributed by atoms with Crippen LogP contribution in [0.25, 0.3) is 0 Å². The van der Waals surface area contributed by atoms with Gasteiger partial charge in [0.1, 0.15) is 5.82 Å². The van der Waals surface area contributed by atoms with Crippen LogP contribution in [-0.2, 0) is 6.54 Å². The van der Waals surface area contributed by atoms with Crippen LogP contribution in [0.5, 0.6) is 0 Å². The Hall–Kier alpha value is -1.62. The molecular weight excluding hydrogens is 271 g/mol. The number of amides is 2. The Morgan fingerprint density at radius 1 is 1.48 bits per heavy atom. The van der Waals surface area contributed by atoms with Crippen molar-refractivity contribution in [2.24, 2.45) is 5.92 Å². The van der Waals surface area contributed by atoms with Gasteiger partial charge in [0, 0.05) is 26.1 Å². The van der Waals surface area contributed by atoms with E-state index in [0.717, 1.165) is 24.8 Å². The number of nitrogens with one attached hydrogen (secondary N) is 1. The number of nitrogens with zero attached hydrogens (tertiary/aromatic N) is 1. The maximum Gasteiger partial charge on any atom is 0.317 e. The lowest BCUT2D eigenvalue weighted by atomic mass is 10.1. The van der Waals surface area contributed by atoms with Crippen LogP contribution in [0.4, 0.5) is 9.18 Å². The molecule has 0 spiro atoms. The summed E-state index contributed by atoms with van der Waals surface area (Å²) in [6.07, 6.45) is 2.50. The van der Waals surface area contributed by atoms with E-state index in [9.17, 15) is 14.3 Å². The molecule has 0 radical (unpaired) electrons. The number of aliphatic hydroxyl groups is 1. The second kappa shape index (κ2) is 6.89. The van der Waals surface area contributed by atoms with Gasteiger partial charge in [0.15, 0.2) is 0 Å². The largest absolute Gasteiger partial charge is 0.393 e. The summed E-state index contributed by atoms with van der Waals surface area (Å²) in [7, 11) is 1.72. The number of rotatable bonds is 4. The fourth-order valence-corrected chi connectivity index (χ4v) is 2.72. The highest BCUT2D eigenvalue weighted by Gasteiger charge is 2.27. The molecule has 0 aliphatic heterocycles. The molecule has 2 amide bonds. The fraction of sp³-hybridized carbons (Fsp3) is 0.562. The molecule has 2 N–H and O–H groups in total. The zero-order valence-corrected chi connectivity index (χ0v) is 12.6. The maximum absolute atomic E-state index is 13.4. The van der Waals surface area contributed by atoms with Crippen molar-refractivity contribution in [2.45, 2.75) is 38.8 Å². The SMILES string of the molecule is Cc1ccc(CNC(=O)N(C)CC2CCCC2O)cc1F. The van der Waals surface area contributed by atoms with Crippen molar-refractivity contribution in [3.05, 3.63) is 35.1 Å². The predicted molar refractivity (Wildman–Crippen MR) is 79.4 cm³/mol. The number of benzene rings is 1. The Morgan fingerprint density at radius 3 is 2.86 bits per heavy atom. The molecule has 1 saturated carbocycles. The van der Waals surface area contributed by atoms with Gasteiger partial charge < -0.3 is 15.3 Å². The van der Waals surface area contributed by atoms with Crippen molar-refractivity contribution >= 4 is 6.03 Å². The van der Waals surface area contributed by atoms with Crippen molar-refractivity contribution in [1.82, 2.24) is 10.2 Å². The Morgan fingerprint density at radius 2 is 2.24 bits per heavy atom. The Kier molecular flexibility index (Phi) is 5.17.